The molecule has 0 aliphatic heterocycles. The second-order valence-corrected chi connectivity index (χ2v) is 6.24. The maximum atomic E-state index is 4.55. The Hall–Kier alpha value is -0.370. The topological polar surface area (TPSA) is 49.3 Å². The van der Waals surface area contributed by atoms with Crippen LogP contribution in [0.2, 0.25) is 0 Å². The van der Waals surface area contributed by atoms with E-state index in [2.05, 4.69) is 48.3 Å². The molecule has 0 radical (unpaired) electrons. The lowest BCUT2D eigenvalue weighted by Crippen LogP contribution is -2.47. The fourth-order valence-electron chi connectivity index (χ4n) is 1.30. The summed E-state index contributed by atoms with van der Waals surface area (Å²) in [4.78, 5) is 9.96. The summed E-state index contributed by atoms with van der Waals surface area (Å²) in [6.07, 6.45) is 1.89. The van der Waals surface area contributed by atoms with E-state index in [0.717, 1.165) is 17.5 Å². The van der Waals surface area contributed by atoms with E-state index >= 15 is 0 Å². The van der Waals surface area contributed by atoms with Crippen LogP contribution in [0.15, 0.2) is 11.2 Å². The number of hydrogen-bond acceptors (Lipinski definition) is 3. The summed E-state index contributed by atoms with van der Waals surface area (Å²) in [6, 6.07) is 0. The van der Waals surface area contributed by atoms with E-state index < -0.39 is 0 Å². The van der Waals surface area contributed by atoms with Gasteiger partial charge in [0.2, 0.25) is 0 Å². The van der Waals surface area contributed by atoms with Crippen LogP contribution in [0.1, 0.15) is 37.6 Å². The summed E-state index contributed by atoms with van der Waals surface area (Å²) in [5.41, 5.74) is 0.0185. The van der Waals surface area contributed by atoms with Gasteiger partial charge in [-0.25, -0.2) is 9.98 Å². The van der Waals surface area contributed by atoms with Crippen LogP contribution in [0.25, 0.3) is 0 Å². The molecule has 0 aliphatic carbocycles. The number of aliphatic imine (C=N–C) groups is 1. The quantitative estimate of drug-likeness (QED) is 0.480. The molecule has 6 heteroatoms. The first-order valence-corrected chi connectivity index (χ1v) is 6.70. The Morgan fingerprint density at radius 2 is 2.11 bits per heavy atom. The number of hydrogen-bond donors (Lipinski definition) is 2. The number of halogens is 1. The van der Waals surface area contributed by atoms with Gasteiger partial charge in [-0.05, 0) is 34.6 Å². The van der Waals surface area contributed by atoms with Crippen molar-refractivity contribution in [3.8, 4) is 0 Å². The Balaban J connectivity index is 0.00000289. The molecule has 1 aromatic heterocycles. The van der Waals surface area contributed by atoms with Crippen LogP contribution in [-0.4, -0.2) is 23.0 Å². The Morgan fingerprint density at radius 3 is 2.56 bits per heavy atom. The molecule has 0 saturated heterocycles. The fourth-order valence-corrected chi connectivity index (χ4v) is 2.02. The second-order valence-electron chi connectivity index (χ2n) is 4.92. The largest absolute Gasteiger partial charge is 0.357 e. The van der Waals surface area contributed by atoms with Crippen molar-refractivity contribution in [1.82, 2.24) is 15.6 Å². The minimum Gasteiger partial charge on any atom is -0.357 e. The van der Waals surface area contributed by atoms with E-state index in [1.54, 1.807) is 11.3 Å². The first-order valence-electron chi connectivity index (χ1n) is 5.88. The molecule has 104 valence electrons. The molecule has 18 heavy (non-hydrogen) atoms. The van der Waals surface area contributed by atoms with Crippen molar-refractivity contribution in [3.63, 3.8) is 0 Å². The summed E-state index contributed by atoms with van der Waals surface area (Å²) in [5, 5.41) is 7.68. The molecule has 0 aromatic carbocycles. The molecular formula is C12H23IN4S. The molecule has 4 nitrogen and oxygen atoms in total. The van der Waals surface area contributed by atoms with Crippen molar-refractivity contribution < 1.29 is 0 Å². The first-order chi connectivity index (χ1) is 7.90. The molecule has 0 saturated carbocycles. The maximum absolute atomic E-state index is 4.55. The predicted molar refractivity (Wildman–Crippen MR) is 90.0 cm³/mol. The van der Waals surface area contributed by atoms with Gasteiger partial charge >= 0.3 is 0 Å². The normalized spacial score (nSPS) is 11.9. The average molecular weight is 382 g/mol. The zero-order valence-corrected chi connectivity index (χ0v) is 14.8. The van der Waals surface area contributed by atoms with E-state index in [0.29, 0.717) is 6.54 Å². The van der Waals surface area contributed by atoms with Gasteiger partial charge in [0.05, 0.1) is 11.6 Å². The standard InChI is InChI=1S/C12H22N4S.HI/c1-6-13-11(16-12(3,4)5)15-8-10-7-14-9(2)17-10;/h7H,6,8H2,1-5H3,(H2,13,15,16);1H. The molecule has 0 amide bonds. The van der Waals surface area contributed by atoms with Gasteiger partial charge in [0.1, 0.15) is 0 Å². The number of nitrogens with zero attached hydrogens (tertiary/aromatic N) is 2. The zero-order chi connectivity index (χ0) is 12.9. The predicted octanol–water partition coefficient (Wildman–Crippen LogP) is 2.92. The van der Waals surface area contributed by atoms with Crippen molar-refractivity contribution in [2.24, 2.45) is 4.99 Å². The number of aryl methyl sites for hydroxylation is 1. The smallest absolute Gasteiger partial charge is 0.192 e. The molecule has 1 heterocycles. The number of guanidine groups is 1. The van der Waals surface area contributed by atoms with Crippen LogP contribution >= 0.6 is 35.3 Å². The summed E-state index contributed by atoms with van der Waals surface area (Å²) in [7, 11) is 0. The van der Waals surface area contributed by atoms with Gasteiger partial charge in [-0.2, -0.15) is 0 Å². The summed E-state index contributed by atoms with van der Waals surface area (Å²) < 4.78 is 0. The lowest BCUT2D eigenvalue weighted by Gasteiger charge is -2.23. The van der Waals surface area contributed by atoms with E-state index in [9.17, 15) is 0 Å². The van der Waals surface area contributed by atoms with Crippen molar-refractivity contribution in [2.45, 2.75) is 46.7 Å². The van der Waals surface area contributed by atoms with E-state index in [1.807, 2.05) is 13.1 Å². The van der Waals surface area contributed by atoms with Gasteiger partial charge in [-0.3, -0.25) is 0 Å². The Bertz CT molecular complexity index is 382. The molecule has 0 aliphatic rings. The van der Waals surface area contributed by atoms with Crippen LogP contribution < -0.4 is 10.6 Å². The van der Waals surface area contributed by atoms with Gasteiger partial charge in [0, 0.05) is 23.2 Å². The third-order valence-electron chi connectivity index (χ3n) is 1.90. The van der Waals surface area contributed by atoms with Gasteiger partial charge in [-0.15, -0.1) is 35.3 Å². The summed E-state index contributed by atoms with van der Waals surface area (Å²) in [5.74, 6) is 0.853. The van der Waals surface area contributed by atoms with Gasteiger partial charge in [-0.1, -0.05) is 0 Å². The van der Waals surface area contributed by atoms with Crippen LogP contribution in [-0.2, 0) is 6.54 Å². The molecule has 0 atom stereocenters. The first kappa shape index (κ1) is 17.6. The van der Waals surface area contributed by atoms with Gasteiger partial charge in [0.15, 0.2) is 5.96 Å². The van der Waals surface area contributed by atoms with Crippen LogP contribution in [0.4, 0.5) is 0 Å². The highest BCUT2D eigenvalue weighted by atomic mass is 127. The molecule has 0 bridgehead atoms. The summed E-state index contributed by atoms with van der Waals surface area (Å²) >= 11 is 1.69. The SMILES string of the molecule is CCNC(=NCc1cnc(C)s1)NC(C)(C)C.I. The average Bonchev–Trinajstić information content (AvgIpc) is 2.59. The summed E-state index contributed by atoms with van der Waals surface area (Å²) in [6.45, 7) is 12.0. The third kappa shape index (κ3) is 7.15. The van der Waals surface area contributed by atoms with Gasteiger partial charge < -0.3 is 10.6 Å². The van der Waals surface area contributed by atoms with Crippen molar-refractivity contribution in [1.29, 1.82) is 0 Å². The number of aromatic nitrogens is 1. The Labute approximate surface area is 131 Å². The molecule has 0 unspecified atom stereocenters. The number of rotatable bonds is 3. The van der Waals surface area contributed by atoms with E-state index in [4.69, 9.17) is 0 Å². The highest BCUT2D eigenvalue weighted by Gasteiger charge is 2.11. The maximum Gasteiger partial charge on any atom is 0.192 e. The lowest BCUT2D eigenvalue weighted by atomic mass is 10.1. The molecule has 0 spiro atoms. The number of nitrogens with one attached hydrogen (secondary N) is 2. The minimum absolute atomic E-state index is 0. The second kappa shape index (κ2) is 7.93. The highest BCUT2D eigenvalue weighted by molar-refractivity contribution is 14.0. The minimum atomic E-state index is 0. The van der Waals surface area contributed by atoms with E-state index in [1.165, 1.54) is 4.88 Å². The highest BCUT2D eigenvalue weighted by Crippen LogP contribution is 2.12. The molecule has 2 N–H and O–H groups in total. The monoisotopic (exact) mass is 382 g/mol. The van der Waals surface area contributed by atoms with Crippen LogP contribution in [0, 0.1) is 6.92 Å². The molecule has 1 aromatic rings. The van der Waals surface area contributed by atoms with Crippen LogP contribution in [0.5, 0.6) is 0 Å². The molecule has 1 rings (SSSR count). The number of thiazole rings is 1. The third-order valence-corrected chi connectivity index (χ3v) is 2.80. The van der Waals surface area contributed by atoms with E-state index in [-0.39, 0.29) is 29.5 Å². The van der Waals surface area contributed by atoms with Crippen molar-refractivity contribution in [3.05, 3.63) is 16.1 Å². The lowest BCUT2D eigenvalue weighted by molar-refractivity contribution is 0.501. The van der Waals surface area contributed by atoms with Crippen molar-refractivity contribution >= 4 is 41.3 Å². The Kier molecular flexibility index (Phi) is 7.77. The zero-order valence-electron chi connectivity index (χ0n) is 11.7. The van der Waals surface area contributed by atoms with Crippen LogP contribution in [0.3, 0.4) is 0 Å². The van der Waals surface area contributed by atoms with Gasteiger partial charge in [0.25, 0.3) is 0 Å². The molecule has 0 fully saturated rings. The molecular weight excluding hydrogens is 359 g/mol. The van der Waals surface area contributed by atoms with Crippen molar-refractivity contribution in [2.75, 3.05) is 6.54 Å². The Morgan fingerprint density at radius 1 is 1.44 bits per heavy atom. The fraction of sp³-hybridized carbons (Fsp3) is 0.667.